The zero-order valence-corrected chi connectivity index (χ0v) is 14.3. The minimum atomic E-state index is 0.604. The van der Waals surface area contributed by atoms with Gasteiger partial charge in [-0.3, -0.25) is 4.99 Å². The van der Waals surface area contributed by atoms with Crippen molar-refractivity contribution in [1.29, 1.82) is 0 Å². The second kappa shape index (κ2) is 8.48. The highest BCUT2D eigenvalue weighted by Crippen LogP contribution is 2.28. The van der Waals surface area contributed by atoms with Crippen LogP contribution in [-0.4, -0.2) is 26.7 Å². The first-order valence-electron chi connectivity index (χ1n) is 7.03. The number of para-hydroxylation sites is 1. The monoisotopic (exact) mass is 365 g/mol. The smallest absolute Gasteiger partial charge is 0.191 e. The van der Waals surface area contributed by atoms with Crippen molar-refractivity contribution in [1.82, 2.24) is 10.6 Å². The summed E-state index contributed by atoms with van der Waals surface area (Å²) in [7, 11) is 3.43. The van der Waals surface area contributed by atoms with E-state index in [-0.39, 0.29) is 0 Å². The molecule has 0 amide bonds. The Balaban J connectivity index is 1.83. The number of aliphatic imine (C=N–C) groups is 1. The highest BCUT2D eigenvalue weighted by Gasteiger charge is 2.07. The van der Waals surface area contributed by atoms with Crippen molar-refractivity contribution in [3.63, 3.8) is 0 Å². The van der Waals surface area contributed by atoms with Crippen molar-refractivity contribution in [2.24, 2.45) is 4.99 Å². The second-order valence-electron chi connectivity index (χ2n) is 4.61. The van der Waals surface area contributed by atoms with Gasteiger partial charge >= 0.3 is 0 Å². The van der Waals surface area contributed by atoms with Crippen molar-refractivity contribution in [3.8, 4) is 5.75 Å². The van der Waals surface area contributed by atoms with Gasteiger partial charge in [-0.2, -0.15) is 0 Å². The Bertz CT molecular complexity index is 612. The Hall–Kier alpha value is -1.95. The highest BCUT2D eigenvalue weighted by molar-refractivity contribution is 9.10. The summed E-state index contributed by atoms with van der Waals surface area (Å²) in [5, 5.41) is 6.48. The minimum Gasteiger partial charge on any atom is -0.495 e. The van der Waals surface area contributed by atoms with E-state index in [1.165, 1.54) is 0 Å². The van der Waals surface area contributed by atoms with Crippen molar-refractivity contribution >= 4 is 21.9 Å². The van der Waals surface area contributed by atoms with E-state index in [9.17, 15) is 0 Å². The highest BCUT2D eigenvalue weighted by atomic mass is 79.9. The molecule has 0 atom stereocenters. The number of methoxy groups -OCH3 is 1. The number of nitrogens with one attached hydrogen (secondary N) is 2. The van der Waals surface area contributed by atoms with E-state index in [0.29, 0.717) is 6.54 Å². The third kappa shape index (κ3) is 4.53. The van der Waals surface area contributed by atoms with Gasteiger partial charge in [0.25, 0.3) is 0 Å². The van der Waals surface area contributed by atoms with Gasteiger partial charge in [-0.1, -0.05) is 12.1 Å². The number of halogens is 1. The molecule has 5 nitrogen and oxygen atoms in total. The maximum atomic E-state index is 5.42. The SMILES string of the molecule is CN=C(NCCc1cccc(Br)c1OC)NCc1ccco1. The second-order valence-corrected chi connectivity index (χ2v) is 5.47. The minimum absolute atomic E-state index is 0.604. The van der Waals surface area contributed by atoms with Crippen LogP contribution in [-0.2, 0) is 13.0 Å². The normalized spacial score (nSPS) is 11.3. The fourth-order valence-electron chi connectivity index (χ4n) is 2.10. The van der Waals surface area contributed by atoms with E-state index in [1.807, 2.05) is 24.3 Å². The summed E-state index contributed by atoms with van der Waals surface area (Å²) in [5.41, 5.74) is 1.14. The first-order chi connectivity index (χ1) is 10.7. The van der Waals surface area contributed by atoms with E-state index < -0.39 is 0 Å². The van der Waals surface area contributed by atoms with E-state index in [2.05, 4.69) is 37.6 Å². The van der Waals surface area contributed by atoms with E-state index in [0.717, 1.165) is 40.5 Å². The molecule has 0 radical (unpaired) electrons. The number of hydrogen-bond acceptors (Lipinski definition) is 3. The molecule has 0 unspecified atom stereocenters. The number of hydrogen-bond donors (Lipinski definition) is 2. The summed E-state index contributed by atoms with van der Waals surface area (Å²) in [6.45, 7) is 1.36. The molecule has 2 aromatic rings. The zero-order chi connectivity index (χ0) is 15.8. The first kappa shape index (κ1) is 16.4. The van der Waals surface area contributed by atoms with Crippen LogP contribution in [0.1, 0.15) is 11.3 Å². The molecule has 0 aliphatic rings. The fourth-order valence-corrected chi connectivity index (χ4v) is 2.67. The average Bonchev–Trinajstić information content (AvgIpc) is 3.04. The molecule has 0 saturated carbocycles. The van der Waals surface area contributed by atoms with E-state index >= 15 is 0 Å². The molecule has 6 heteroatoms. The molecule has 2 rings (SSSR count). The third-order valence-electron chi connectivity index (χ3n) is 3.17. The molecule has 0 aliphatic heterocycles. The Morgan fingerprint density at radius 1 is 1.27 bits per heavy atom. The molecule has 1 aromatic heterocycles. The Kier molecular flexibility index (Phi) is 6.33. The average molecular weight is 366 g/mol. The van der Waals surface area contributed by atoms with Crippen LogP contribution in [0.4, 0.5) is 0 Å². The molecule has 0 saturated heterocycles. The van der Waals surface area contributed by atoms with Crippen LogP contribution in [0.2, 0.25) is 0 Å². The van der Waals surface area contributed by atoms with Crippen LogP contribution in [0, 0.1) is 0 Å². The van der Waals surface area contributed by atoms with E-state index in [4.69, 9.17) is 9.15 Å². The van der Waals surface area contributed by atoms with Crippen molar-refractivity contribution < 1.29 is 9.15 Å². The molecule has 0 fully saturated rings. The number of ether oxygens (including phenoxy) is 1. The lowest BCUT2D eigenvalue weighted by Gasteiger charge is -2.13. The topological polar surface area (TPSA) is 58.8 Å². The zero-order valence-electron chi connectivity index (χ0n) is 12.7. The van der Waals surface area contributed by atoms with Gasteiger partial charge in [0, 0.05) is 13.6 Å². The number of rotatable bonds is 6. The largest absolute Gasteiger partial charge is 0.495 e. The predicted molar refractivity (Wildman–Crippen MR) is 91.3 cm³/mol. The van der Waals surface area contributed by atoms with Gasteiger partial charge in [-0.05, 0) is 46.1 Å². The number of guanidine groups is 1. The molecule has 0 aliphatic carbocycles. The standard InChI is InChI=1S/C16H20BrN3O2/c1-18-16(20-11-13-6-4-10-22-13)19-9-8-12-5-3-7-14(17)15(12)21-2/h3-7,10H,8-9,11H2,1-2H3,(H2,18,19,20). The first-order valence-corrected chi connectivity index (χ1v) is 7.82. The fraction of sp³-hybridized carbons (Fsp3) is 0.312. The molecule has 1 heterocycles. The van der Waals surface area contributed by atoms with Gasteiger partial charge in [0.05, 0.1) is 24.4 Å². The quantitative estimate of drug-likeness (QED) is 0.610. The maximum Gasteiger partial charge on any atom is 0.191 e. The van der Waals surface area contributed by atoms with Crippen molar-refractivity contribution in [3.05, 3.63) is 52.4 Å². The summed E-state index contributed by atoms with van der Waals surface area (Å²) < 4.78 is 11.7. The van der Waals surface area contributed by atoms with E-state index in [1.54, 1.807) is 20.4 Å². The van der Waals surface area contributed by atoms with Gasteiger partial charge in [-0.25, -0.2) is 0 Å². The number of nitrogens with zero attached hydrogens (tertiary/aromatic N) is 1. The Labute approximate surface area is 138 Å². The summed E-state index contributed by atoms with van der Waals surface area (Å²) in [4.78, 5) is 4.19. The van der Waals surface area contributed by atoms with Gasteiger partial charge in [-0.15, -0.1) is 0 Å². The van der Waals surface area contributed by atoms with Crippen LogP contribution < -0.4 is 15.4 Å². The Morgan fingerprint density at radius 3 is 2.82 bits per heavy atom. The molecular formula is C16H20BrN3O2. The van der Waals surface area contributed by atoms with Crippen LogP contribution in [0.5, 0.6) is 5.75 Å². The lowest BCUT2D eigenvalue weighted by molar-refractivity contribution is 0.407. The molecule has 118 valence electrons. The summed E-state index contributed by atoms with van der Waals surface area (Å²) >= 11 is 3.50. The van der Waals surface area contributed by atoms with Gasteiger partial charge in [0.2, 0.25) is 0 Å². The summed E-state index contributed by atoms with van der Waals surface area (Å²) in [6.07, 6.45) is 2.50. The van der Waals surface area contributed by atoms with Crippen LogP contribution in [0.25, 0.3) is 0 Å². The van der Waals surface area contributed by atoms with Gasteiger partial charge in [0.1, 0.15) is 11.5 Å². The summed E-state index contributed by atoms with van der Waals surface area (Å²) in [6, 6.07) is 9.83. The van der Waals surface area contributed by atoms with Gasteiger partial charge in [0.15, 0.2) is 5.96 Å². The van der Waals surface area contributed by atoms with Crippen molar-refractivity contribution in [2.45, 2.75) is 13.0 Å². The lowest BCUT2D eigenvalue weighted by atomic mass is 10.1. The predicted octanol–water partition coefficient (Wildman–Crippen LogP) is 2.96. The number of benzene rings is 1. The maximum absolute atomic E-state index is 5.42. The van der Waals surface area contributed by atoms with Crippen molar-refractivity contribution in [2.75, 3.05) is 20.7 Å². The number of furan rings is 1. The molecule has 2 N–H and O–H groups in total. The third-order valence-corrected chi connectivity index (χ3v) is 3.80. The lowest BCUT2D eigenvalue weighted by Crippen LogP contribution is -2.37. The van der Waals surface area contributed by atoms with Crippen LogP contribution in [0.3, 0.4) is 0 Å². The summed E-state index contributed by atoms with van der Waals surface area (Å²) in [5.74, 6) is 2.49. The Morgan fingerprint density at radius 2 is 2.14 bits per heavy atom. The molecule has 0 bridgehead atoms. The molecule has 22 heavy (non-hydrogen) atoms. The molecule has 1 aromatic carbocycles. The van der Waals surface area contributed by atoms with Crippen LogP contribution >= 0.6 is 15.9 Å². The van der Waals surface area contributed by atoms with Crippen LogP contribution in [0.15, 0.2) is 50.5 Å². The molecule has 0 spiro atoms. The molecular weight excluding hydrogens is 346 g/mol. The van der Waals surface area contributed by atoms with Gasteiger partial charge < -0.3 is 19.8 Å².